The monoisotopic (exact) mass is 408 g/mol. The third kappa shape index (κ3) is 3.94. The van der Waals surface area contributed by atoms with Crippen LogP contribution in [0.3, 0.4) is 0 Å². The number of aromatic nitrogens is 3. The fourth-order valence-corrected chi connectivity index (χ4v) is 3.58. The van der Waals surface area contributed by atoms with Crippen LogP contribution in [-0.2, 0) is 12.8 Å². The number of hydrogen-bond donors (Lipinski definition) is 1. The van der Waals surface area contributed by atoms with Gasteiger partial charge in [0.15, 0.2) is 0 Å². The van der Waals surface area contributed by atoms with Crippen LogP contribution in [-0.4, -0.2) is 40.6 Å². The van der Waals surface area contributed by atoms with Gasteiger partial charge in [-0.15, -0.1) is 0 Å². The van der Waals surface area contributed by atoms with Crippen molar-refractivity contribution < 1.29 is 18.7 Å². The Bertz CT molecular complexity index is 1070. The van der Waals surface area contributed by atoms with Crippen LogP contribution in [0.4, 0.5) is 4.39 Å². The van der Waals surface area contributed by atoms with E-state index in [1.54, 1.807) is 31.6 Å². The summed E-state index contributed by atoms with van der Waals surface area (Å²) in [6, 6.07) is 6.31. The fourth-order valence-electron chi connectivity index (χ4n) is 3.58. The Kier molecular flexibility index (Phi) is 5.56. The summed E-state index contributed by atoms with van der Waals surface area (Å²) in [5.74, 6) is 0.507. The molecule has 2 aromatic heterocycles. The van der Waals surface area contributed by atoms with E-state index in [2.05, 4.69) is 20.3 Å². The zero-order valence-corrected chi connectivity index (χ0v) is 16.7. The van der Waals surface area contributed by atoms with Crippen molar-refractivity contribution in [2.24, 2.45) is 0 Å². The molecule has 2 heterocycles. The molecule has 154 valence electrons. The topological polar surface area (TPSA) is 86.2 Å². The summed E-state index contributed by atoms with van der Waals surface area (Å²) in [5, 5.41) is 2.93. The molecule has 1 N–H and O–H groups in total. The molecule has 0 fully saturated rings. The number of nitrogens with one attached hydrogen (secondary N) is 1. The molecule has 7 nitrogen and oxygen atoms in total. The fraction of sp³-hybridized carbons (Fsp3) is 0.273. The maximum atomic E-state index is 14.2. The van der Waals surface area contributed by atoms with Gasteiger partial charge in [-0.1, -0.05) is 0 Å². The maximum Gasteiger partial charge on any atom is 0.271 e. The Morgan fingerprint density at radius 1 is 1.17 bits per heavy atom. The van der Waals surface area contributed by atoms with Gasteiger partial charge >= 0.3 is 0 Å². The summed E-state index contributed by atoms with van der Waals surface area (Å²) in [4.78, 5) is 25.5. The molecule has 1 amide bonds. The van der Waals surface area contributed by atoms with Crippen molar-refractivity contribution >= 4 is 5.91 Å². The Labute approximate surface area is 173 Å². The summed E-state index contributed by atoms with van der Waals surface area (Å²) >= 11 is 0. The number of hydrogen-bond acceptors (Lipinski definition) is 6. The molecule has 1 aliphatic rings. The summed E-state index contributed by atoms with van der Waals surface area (Å²) in [7, 11) is 1.55. The number of ether oxygens (including phenoxy) is 2. The van der Waals surface area contributed by atoms with Gasteiger partial charge in [-0.3, -0.25) is 9.78 Å². The molecule has 1 unspecified atom stereocenters. The Morgan fingerprint density at radius 3 is 2.73 bits per heavy atom. The molecule has 0 saturated carbocycles. The van der Waals surface area contributed by atoms with E-state index in [4.69, 9.17) is 9.47 Å². The Morgan fingerprint density at radius 2 is 2.00 bits per heavy atom. The highest BCUT2D eigenvalue weighted by atomic mass is 19.1. The summed E-state index contributed by atoms with van der Waals surface area (Å²) < 4.78 is 24.8. The van der Waals surface area contributed by atoms with Crippen LogP contribution < -0.4 is 14.8 Å². The van der Waals surface area contributed by atoms with Crippen LogP contribution in [0.1, 0.15) is 28.5 Å². The number of benzene rings is 1. The van der Waals surface area contributed by atoms with Gasteiger partial charge in [-0.2, -0.15) is 0 Å². The SMILES string of the molecule is CCOc1ccc(-c2cncc(C(=O)NC3Cc4c(F)ccc(OC)c4C3)n2)cn1. The molecular weight excluding hydrogens is 387 g/mol. The zero-order chi connectivity index (χ0) is 21.1. The molecule has 30 heavy (non-hydrogen) atoms. The highest BCUT2D eigenvalue weighted by Crippen LogP contribution is 2.32. The number of carbonyl (C=O) groups excluding carboxylic acids is 1. The van der Waals surface area contributed by atoms with Gasteiger partial charge in [-0.25, -0.2) is 14.4 Å². The molecule has 1 aromatic carbocycles. The van der Waals surface area contributed by atoms with Crippen molar-refractivity contribution in [3.05, 3.63) is 65.5 Å². The van der Waals surface area contributed by atoms with Crippen molar-refractivity contribution in [2.75, 3.05) is 13.7 Å². The zero-order valence-electron chi connectivity index (χ0n) is 16.7. The smallest absolute Gasteiger partial charge is 0.271 e. The van der Waals surface area contributed by atoms with E-state index in [-0.39, 0.29) is 23.5 Å². The highest BCUT2D eigenvalue weighted by Gasteiger charge is 2.29. The molecule has 3 aromatic rings. The first-order valence-corrected chi connectivity index (χ1v) is 9.65. The molecule has 1 atom stereocenters. The van der Waals surface area contributed by atoms with Gasteiger partial charge in [0.25, 0.3) is 5.91 Å². The van der Waals surface area contributed by atoms with E-state index in [1.807, 2.05) is 13.0 Å². The lowest BCUT2D eigenvalue weighted by Crippen LogP contribution is -2.36. The lowest BCUT2D eigenvalue weighted by atomic mass is 10.1. The van der Waals surface area contributed by atoms with Crippen LogP contribution in [0.15, 0.2) is 42.9 Å². The van der Waals surface area contributed by atoms with Crippen LogP contribution >= 0.6 is 0 Å². The third-order valence-electron chi connectivity index (χ3n) is 4.98. The molecule has 0 spiro atoms. The second-order valence-electron chi connectivity index (χ2n) is 6.89. The second kappa shape index (κ2) is 8.44. The number of halogens is 1. The average Bonchev–Trinajstić information content (AvgIpc) is 3.19. The number of rotatable bonds is 6. The van der Waals surface area contributed by atoms with Crippen molar-refractivity contribution in [3.8, 4) is 22.9 Å². The van der Waals surface area contributed by atoms with Gasteiger partial charge in [0, 0.05) is 29.4 Å². The lowest BCUT2D eigenvalue weighted by Gasteiger charge is -2.12. The Hall–Kier alpha value is -3.55. The number of nitrogens with zero attached hydrogens (tertiary/aromatic N) is 3. The van der Waals surface area contributed by atoms with Crippen LogP contribution in [0.2, 0.25) is 0 Å². The predicted molar refractivity (Wildman–Crippen MR) is 108 cm³/mol. The Balaban J connectivity index is 1.48. The van der Waals surface area contributed by atoms with Crippen molar-refractivity contribution in [2.45, 2.75) is 25.8 Å². The van der Waals surface area contributed by atoms with E-state index in [9.17, 15) is 9.18 Å². The third-order valence-corrected chi connectivity index (χ3v) is 4.98. The standard InChI is InChI=1S/C22H21FN4O3/c1-3-30-21-7-4-13(10-25-21)18-11-24-12-19(27-18)22(28)26-14-8-15-16(9-14)20(29-2)6-5-17(15)23/h4-7,10-12,14H,3,8-9H2,1-2H3,(H,26,28). The van der Waals surface area contributed by atoms with Gasteiger partial charge in [0.1, 0.15) is 17.3 Å². The molecule has 0 bridgehead atoms. The largest absolute Gasteiger partial charge is 0.496 e. The first-order valence-electron chi connectivity index (χ1n) is 9.65. The minimum absolute atomic E-state index is 0.185. The van der Waals surface area contributed by atoms with Crippen LogP contribution in [0, 0.1) is 5.82 Å². The molecule has 4 rings (SSSR count). The van der Waals surface area contributed by atoms with Gasteiger partial charge in [-0.05, 0) is 43.5 Å². The number of carbonyl (C=O) groups is 1. The first-order chi connectivity index (χ1) is 14.6. The second-order valence-corrected chi connectivity index (χ2v) is 6.89. The lowest BCUT2D eigenvalue weighted by molar-refractivity contribution is 0.0933. The van der Waals surface area contributed by atoms with Crippen molar-refractivity contribution in [1.82, 2.24) is 20.3 Å². The van der Waals surface area contributed by atoms with Gasteiger partial charge in [0.2, 0.25) is 5.88 Å². The number of amides is 1. The molecule has 0 aliphatic heterocycles. The van der Waals surface area contributed by atoms with Crippen molar-refractivity contribution in [3.63, 3.8) is 0 Å². The molecule has 8 heteroatoms. The number of methoxy groups -OCH3 is 1. The van der Waals surface area contributed by atoms with Gasteiger partial charge < -0.3 is 14.8 Å². The molecule has 1 aliphatic carbocycles. The summed E-state index contributed by atoms with van der Waals surface area (Å²) in [5.41, 5.74) is 2.81. The quantitative estimate of drug-likeness (QED) is 0.675. The van der Waals surface area contributed by atoms with E-state index in [0.29, 0.717) is 42.3 Å². The molecule has 0 saturated heterocycles. The van der Waals surface area contributed by atoms with E-state index < -0.39 is 0 Å². The summed E-state index contributed by atoms with van der Waals surface area (Å²) in [6.07, 6.45) is 5.50. The minimum Gasteiger partial charge on any atom is -0.496 e. The number of fused-ring (bicyclic) bond motifs is 1. The summed E-state index contributed by atoms with van der Waals surface area (Å²) in [6.45, 7) is 2.42. The molecular formula is C22H21FN4O3. The van der Waals surface area contributed by atoms with Gasteiger partial charge in [0.05, 0.1) is 31.8 Å². The van der Waals surface area contributed by atoms with E-state index in [0.717, 1.165) is 11.1 Å². The predicted octanol–water partition coefficient (Wildman–Crippen LogP) is 2.98. The number of pyridine rings is 1. The first kappa shape index (κ1) is 19.8. The van der Waals surface area contributed by atoms with E-state index >= 15 is 0 Å². The average molecular weight is 408 g/mol. The normalized spacial score (nSPS) is 14.8. The van der Waals surface area contributed by atoms with E-state index in [1.165, 1.54) is 12.3 Å². The van der Waals surface area contributed by atoms with Crippen molar-refractivity contribution in [1.29, 1.82) is 0 Å². The highest BCUT2D eigenvalue weighted by molar-refractivity contribution is 5.92. The minimum atomic E-state index is -0.361. The van der Waals surface area contributed by atoms with Crippen LogP contribution in [0.5, 0.6) is 11.6 Å². The maximum absolute atomic E-state index is 14.2. The molecule has 0 radical (unpaired) electrons. The van der Waals surface area contributed by atoms with Crippen LogP contribution in [0.25, 0.3) is 11.3 Å².